The first-order valence-corrected chi connectivity index (χ1v) is 7.19. The van der Waals surface area contributed by atoms with E-state index in [0.29, 0.717) is 0 Å². The predicted molar refractivity (Wildman–Crippen MR) is 52.1 cm³/mol. The van der Waals surface area contributed by atoms with Gasteiger partial charge >= 0.3 is 17.7 Å². The van der Waals surface area contributed by atoms with Crippen LogP contribution in [0.5, 0.6) is 5.75 Å². The third-order valence-electron chi connectivity index (χ3n) is 1.36. The molecule has 6 nitrogen and oxygen atoms in total. The van der Waals surface area contributed by atoms with E-state index in [2.05, 4.69) is 3.97 Å². The molecule has 1 unspecified atom stereocenters. The molecule has 2 N–H and O–H groups in total. The lowest BCUT2D eigenvalue weighted by Crippen LogP contribution is -2.03. The number of hydrogen-bond donors (Lipinski definition) is 2. The number of rotatable bonds is 3. The zero-order chi connectivity index (χ0) is 11.7. The first-order chi connectivity index (χ1) is 6.71. The number of hydrogen-bond acceptors (Lipinski definition) is 5. The van der Waals surface area contributed by atoms with Crippen molar-refractivity contribution < 1.29 is 27.0 Å². The average molecular weight is 252 g/mol. The molecule has 15 heavy (non-hydrogen) atoms. The van der Waals surface area contributed by atoms with E-state index in [9.17, 15) is 13.0 Å². The van der Waals surface area contributed by atoms with Crippen molar-refractivity contribution in [2.24, 2.45) is 0 Å². The summed E-state index contributed by atoms with van der Waals surface area (Å²) < 4.78 is 37.5. The maximum Gasteiger partial charge on any atom is 0.339 e. The van der Waals surface area contributed by atoms with Gasteiger partial charge in [-0.05, 0) is 24.3 Å². The van der Waals surface area contributed by atoms with Crippen LogP contribution in [0, 0.1) is 0 Å². The van der Waals surface area contributed by atoms with Crippen LogP contribution >= 0.6 is 7.60 Å². The van der Waals surface area contributed by atoms with Crippen LogP contribution in [-0.2, 0) is 18.7 Å². The van der Waals surface area contributed by atoms with Gasteiger partial charge < -0.3 is 10.00 Å². The summed E-state index contributed by atoms with van der Waals surface area (Å²) in [6.07, 6.45) is 0. The predicted octanol–water partition coefficient (Wildman–Crippen LogP) is 0.913. The summed E-state index contributed by atoms with van der Waals surface area (Å²) in [5, 5.41) is 8.92. The van der Waals surface area contributed by atoms with Crippen molar-refractivity contribution in [1.29, 1.82) is 0 Å². The lowest BCUT2D eigenvalue weighted by atomic mass is 10.3. The van der Waals surface area contributed by atoms with Gasteiger partial charge in [-0.2, -0.15) is 12.4 Å². The quantitative estimate of drug-likeness (QED) is 0.775. The Morgan fingerprint density at radius 3 is 2.13 bits per heavy atom. The van der Waals surface area contributed by atoms with Crippen LogP contribution in [0.4, 0.5) is 0 Å². The second-order valence-electron chi connectivity index (χ2n) is 2.83. The normalized spacial score (nSPS) is 15.9. The van der Waals surface area contributed by atoms with E-state index < -0.39 is 17.7 Å². The minimum absolute atomic E-state index is 0.113. The molecule has 1 aromatic carbocycles. The monoisotopic (exact) mass is 252 g/mol. The highest BCUT2D eigenvalue weighted by Crippen LogP contribution is 2.40. The highest BCUT2D eigenvalue weighted by molar-refractivity contribution is 7.91. The molecule has 0 bridgehead atoms. The summed E-state index contributed by atoms with van der Waals surface area (Å²) in [5.74, 6) is -0.113. The van der Waals surface area contributed by atoms with Gasteiger partial charge in [0.2, 0.25) is 0 Å². The number of phenols is 1. The molecule has 1 aromatic rings. The third-order valence-corrected chi connectivity index (χ3v) is 4.10. The highest BCUT2D eigenvalue weighted by Gasteiger charge is 2.24. The molecule has 84 valence electrons. The van der Waals surface area contributed by atoms with Gasteiger partial charge in [0.1, 0.15) is 5.75 Å². The van der Waals surface area contributed by atoms with Gasteiger partial charge in [0.05, 0.1) is 4.90 Å². The number of phenolic OH excluding ortho intramolecular Hbond substituents is 1. The van der Waals surface area contributed by atoms with E-state index >= 15 is 0 Å². The minimum atomic E-state index is -4.26. The van der Waals surface area contributed by atoms with Crippen LogP contribution in [-0.4, -0.2) is 25.1 Å². The van der Waals surface area contributed by atoms with Gasteiger partial charge in [0.15, 0.2) is 0 Å². The Morgan fingerprint density at radius 1 is 1.27 bits per heavy atom. The van der Waals surface area contributed by atoms with Gasteiger partial charge in [-0.1, -0.05) is 0 Å². The Balaban J connectivity index is 3.07. The van der Waals surface area contributed by atoms with Crippen molar-refractivity contribution in [2.75, 3.05) is 6.66 Å². The molecule has 0 aliphatic rings. The molecule has 0 aliphatic carbocycles. The van der Waals surface area contributed by atoms with Gasteiger partial charge in [0, 0.05) is 6.66 Å². The van der Waals surface area contributed by atoms with Gasteiger partial charge in [-0.3, -0.25) is 4.57 Å². The van der Waals surface area contributed by atoms with Crippen LogP contribution in [0.25, 0.3) is 0 Å². The Morgan fingerprint density at radius 2 is 1.73 bits per heavy atom. The van der Waals surface area contributed by atoms with Gasteiger partial charge in [0.25, 0.3) is 0 Å². The van der Waals surface area contributed by atoms with E-state index in [1.54, 1.807) is 0 Å². The lowest BCUT2D eigenvalue weighted by molar-refractivity contribution is 0.384. The fraction of sp³-hybridized carbons (Fsp3) is 0.143. The van der Waals surface area contributed by atoms with Crippen LogP contribution in [0.2, 0.25) is 0 Å². The summed E-state index contributed by atoms with van der Waals surface area (Å²) in [5.41, 5.74) is 0. The zero-order valence-electron chi connectivity index (χ0n) is 7.69. The van der Waals surface area contributed by atoms with E-state index in [-0.39, 0.29) is 10.6 Å². The molecular weight excluding hydrogens is 243 g/mol. The highest BCUT2D eigenvalue weighted by atomic mass is 32.2. The topological polar surface area (TPSA) is 101 Å². The summed E-state index contributed by atoms with van der Waals surface area (Å²) >= 11 is 0. The van der Waals surface area contributed by atoms with E-state index in [1.165, 1.54) is 0 Å². The first-order valence-electron chi connectivity index (χ1n) is 3.76. The molecule has 0 aromatic heterocycles. The molecule has 0 radical (unpaired) electrons. The van der Waals surface area contributed by atoms with Crippen molar-refractivity contribution >= 4 is 17.7 Å². The molecule has 0 amide bonds. The molecule has 0 fully saturated rings. The second-order valence-corrected chi connectivity index (χ2v) is 6.41. The van der Waals surface area contributed by atoms with Crippen molar-refractivity contribution in [3.63, 3.8) is 0 Å². The molecule has 1 rings (SSSR count). The molecule has 0 aliphatic heterocycles. The third kappa shape index (κ3) is 3.64. The second kappa shape index (κ2) is 3.94. The Kier molecular flexibility index (Phi) is 3.20. The summed E-state index contributed by atoms with van der Waals surface area (Å²) in [7, 11) is -8.37. The van der Waals surface area contributed by atoms with Crippen molar-refractivity contribution in [3.05, 3.63) is 24.3 Å². The lowest BCUT2D eigenvalue weighted by Gasteiger charge is -2.07. The molecule has 0 spiro atoms. The maximum atomic E-state index is 11.3. The zero-order valence-corrected chi connectivity index (χ0v) is 9.40. The Labute approximate surface area is 86.8 Å². The average Bonchev–Trinajstić information content (AvgIpc) is 2.00. The molecule has 1 atom stereocenters. The molecule has 0 saturated heterocycles. The van der Waals surface area contributed by atoms with Crippen LogP contribution < -0.4 is 0 Å². The SMILES string of the molecule is CP(=O)(O)OS(=O)(=O)c1ccc(O)cc1. The fourth-order valence-corrected chi connectivity index (χ4v) is 3.11. The molecule has 0 saturated carbocycles. The minimum Gasteiger partial charge on any atom is -0.508 e. The summed E-state index contributed by atoms with van der Waals surface area (Å²) in [4.78, 5) is 8.48. The molecule has 0 heterocycles. The van der Waals surface area contributed by atoms with E-state index in [0.717, 1.165) is 30.9 Å². The summed E-state index contributed by atoms with van der Waals surface area (Å²) in [6.45, 7) is 0.769. The fourth-order valence-electron chi connectivity index (χ4n) is 0.838. The Hall–Kier alpha value is -0.880. The maximum absolute atomic E-state index is 11.3. The standard InChI is InChI=1S/C7H9O6PS/c1-14(9,10)13-15(11,12)7-4-2-6(8)3-5-7/h2-5,8H,1H3,(H,9,10). The smallest absolute Gasteiger partial charge is 0.339 e. The van der Waals surface area contributed by atoms with Crippen molar-refractivity contribution in [1.82, 2.24) is 0 Å². The number of benzene rings is 1. The van der Waals surface area contributed by atoms with Crippen molar-refractivity contribution in [2.45, 2.75) is 4.90 Å². The van der Waals surface area contributed by atoms with E-state index in [4.69, 9.17) is 10.00 Å². The van der Waals surface area contributed by atoms with Crippen molar-refractivity contribution in [3.8, 4) is 5.75 Å². The van der Waals surface area contributed by atoms with Gasteiger partial charge in [-0.25, -0.2) is 0 Å². The Bertz CT molecular complexity index is 485. The van der Waals surface area contributed by atoms with E-state index in [1.807, 2.05) is 0 Å². The molecule has 8 heteroatoms. The van der Waals surface area contributed by atoms with Crippen LogP contribution in [0.3, 0.4) is 0 Å². The largest absolute Gasteiger partial charge is 0.508 e. The first kappa shape index (κ1) is 12.2. The number of aromatic hydroxyl groups is 1. The van der Waals surface area contributed by atoms with Gasteiger partial charge in [-0.15, -0.1) is 0 Å². The summed E-state index contributed by atoms with van der Waals surface area (Å²) in [6, 6.07) is 4.41. The van der Waals surface area contributed by atoms with Crippen LogP contribution in [0.1, 0.15) is 0 Å². The molecular formula is C7H9O6PS. The van der Waals surface area contributed by atoms with Crippen LogP contribution in [0.15, 0.2) is 29.2 Å².